The third-order valence-electron chi connectivity index (χ3n) is 4.05. The van der Waals surface area contributed by atoms with Crippen molar-refractivity contribution in [1.82, 2.24) is 4.98 Å². The summed E-state index contributed by atoms with van der Waals surface area (Å²) in [6, 6.07) is 8.06. The molecule has 0 spiro atoms. The smallest absolute Gasteiger partial charge is 0.128 e. The number of aryl methyl sites for hydroxylation is 1. The molecule has 22 heavy (non-hydrogen) atoms. The summed E-state index contributed by atoms with van der Waals surface area (Å²) in [4.78, 5) is 8.42. The first-order valence-electron chi connectivity index (χ1n) is 7.23. The maximum absolute atomic E-state index is 6.42. The molecule has 0 saturated heterocycles. The topological polar surface area (TPSA) is 71.4 Å². The third kappa shape index (κ3) is 2.29. The molecular weight excluding hydrogens is 274 g/mol. The molecule has 0 radical (unpaired) electrons. The van der Waals surface area contributed by atoms with Crippen LogP contribution in [0.15, 0.2) is 36.7 Å². The lowest BCUT2D eigenvalue weighted by Crippen LogP contribution is -2.33. The Morgan fingerprint density at radius 3 is 2.59 bits per heavy atom. The number of nitrogens with two attached hydrogens (primary N) is 2. The van der Waals surface area contributed by atoms with Gasteiger partial charge in [-0.25, -0.2) is 4.98 Å². The maximum atomic E-state index is 6.42. The fourth-order valence-electron chi connectivity index (χ4n) is 2.65. The van der Waals surface area contributed by atoms with Gasteiger partial charge in [-0.15, -0.1) is 0 Å². The molecule has 1 unspecified atom stereocenters. The van der Waals surface area contributed by atoms with Crippen molar-refractivity contribution < 1.29 is 0 Å². The van der Waals surface area contributed by atoms with E-state index in [1.165, 1.54) is 0 Å². The molecule has 2 heterocycles. The van der Waals surface area contributed by atoms with Gasteiger partial charge in [0.05, 0.1) is 11.9 Å². The van der Waals surface area contributed by atoms with E-state index in [2.05, 4.69) is 4.98 Å². The van der Waals surface area contributed by atoms with Gasteiger partial charge in [-0.05, 0) is 36.3 Å². The lowest BCUT2D eigenvalue weighted by molar-refractivity contribution is 0.721. The quantitative estimate of drug-likeness (QED) is 0.833. The highest BCUT2D eigenvalue weighted by molar-refractivity contribution is 5.75. The van der Waals surface area contributed by atoms with Crippen LogP contribution < -0.4 is 21.3 Å². The average Bonchev–Trinajstić information content (AvgIpc) is 2.51. The van der Waals surface area contributed by atoms with Crippen LogP contribution in [0, 0.1) is 6.92 Å². The lowest BCUT2D eigenvalue weighted by Gasteiger charge is -2.33. The van der Waals surface area contributed by atoms with E-state index in [9.17, 15) is 0 Å². The summed E-state index contributed by atoms with van der Waals surface area (Å²) in [5.41, 5.74) is 17.4. The number of hydrogen-bond donors (Lipinski definition) is 2. The second-order valence-electron chi connectivity index (χ2n) is 5.74. The number of fused-ring (bicyclic) bond motifs is 1. The number of pyridine rings is 1. The van der Waals surface area contributed by atoms with E-state index >= 15 is 0 Å². The average molecular weight is 295 g/mol. The first-order valence-corrected chi connectivity index (χ1v) is 7.23. The maximum Gasteiger partial charge on any atom is 0.128 e. The predicted molar refractivity (Wildman–Crippen MR) is 92.6 cm³/mol. The highest BCUT2D eigenvalue weighted by Gasteiger charge is 2.23. The fraction of sp³-hybridized carbons (Fsp3) is 0.235. The monoisotopic (exact) mass is 295 g/mol. The van der Waals surface area contributed by atoms with Crippen LogP contribution in [-0.2, 0) is 0 Å². The van der Waals surface area contributed by atoms with Crippen molar-refractivity contribution in [1.29, 1.82) is 0 Å². The van der Waals surface area contributed by atoms with Crippen molar-refractivity contribution in [3.05, 3.63) is 53.4 Å². The largest absolute Gasteiger partial charge is 0.398 e. The Morgan fingerprint density at radius 2 is 1.95 bits per heavy atom. The first kappa shape index (κ1) is 14.4. The zero-order chi connectivity index (χ0) is 15.9. The number of hydrogen-bond acceptors (Lipinski definition) is 5. The molecule has 0 aliphatic carbocycles. The van der Waals surface area contributed by atoms with Gasteiger partial charge < -0.3 is 21.3 Å². The molecule has 4 N–H and O–H groups in total. The predicted octanol–water partition coefficient (Wildman–Crippen LogP) is 2.49. The minimum atomic E-state index is -0.269. The molecule has 0 fully saturated rings. The fourth-order valence-corrected chi connectivity index (χ4v) is 2.65. The van der Waals surface area contributed by atoms with Crippen LogP contribution in [0.3, 0.4) is 0 Å². The third-order valence-corrected chi connectivity index (χ3v) is 4.05. The van der Waals surface area contributed by atoms with E-state index in [4.69, 9.17) is 11.5 Å². The van der Waals surface area contributed by atoms with Crippen molar-refractivity contribution in [2.75, 3.05) is 29.6 Å². The van der Waals surface area contributed by atoms with E-state index in [-0.39, 0.29) is 6.17 Å². The highest BCUT2D eigenvalue weighted by atomic mass is 15.2. The highest BCUT2D eigenvalue weighted by Crippen LogP contribution is 2.35. The molecule has 5 heteroatoms. The van der Waals surface area contributed by atoms with Crippen molar-refractivity contribution in [3.8, 4) is 0 Å². The molecule has 1 aliphatic rings. The van der Waals surface area contributed by atoms with Crippen LogP contribution in [0.5, 0.6) is 0 Å². The normalized spacial score (nSPS) is 16.5. The zero-order valence-corrected chi connectivity index (χ0v) is 13.1. The number of anilines is 3. The van der Waals surface area contributed by atoms with Gasteiger partial charge in [-0.1, -0.05) is 12.1 Å². The molecule has 5 nitrogen and oxygen atoms in total. The van der Waals surface area contributed by atoms with Gasteiger partial charge in [0.15, 0.2) is 0 Å². The second kappa shape index (κ2) is 5.35. The molecule has 1 aromatic heterocycles. The second-order valence-corrected chi connectivity index (χ2v) is 5.74. The zero-order valence-electron chi connectivity index (χ0n) is 13.1. The Morgan fingerprint density at radius 1 is 1.18 bits per heavy atom. The molecule has 1 aliphatic heterocycles. The van der Waals surface area contributed by atoms with Crippen LogP contribution in [0.2, 0.25) is 0 Å². The summed E-state index contributed by atoms with van der Waals surface area (Å²) in [7, 11) is 3.94. The minimum Gasteiger partial charge on any atom is -0.398 e. The van der Waals surface area contributed by atoms with E-state index in [0.717, 1.165) is 33.9 Å². The Labute approximate surface area is 130 Å². The van der Waals surface area contributed by atoms with Gasteiger partial charge in [-0.2, -0.15) is 0 Å². The number of nitrogens with zero attached hydrogens (tertiary/aromatic N) is 3. The van der Waals surface area contributed by atoms with Gasteiger partial charge in [-0.3, -0.25) is 0 Å². The van der Waals surface area contributed by atoms with Gasteiger partial charge in [0.2, 0.25) is 0 Å². The summed E-state index contributed by atoms with van der Waals surface area (Å²) >= 11 is 0. The molecule has 0 amide bonds. The first-order chi connectivity index (χ1) is 10.5. The molecular formula is C17H21N5. The van der Waals surface area contributed by atoms with Crippen LogP contribution in [0.4, 0.5) is 17.2 Å². The molecule has 1 atom stereocenters. The molecule has 3 rings (SSSR count). The molecule has 1 aromatic carbocycles. The van der Waals surface area contributed by atoms with Crippen LogP contribution >= 0.6 is 0 Å². The Hall–Kier alpha value is -2.53. The van der Waals surface area contributed by atoms with Gasteiger partial charge in [0, 0.05) is 31.5 Å². The van der Waals surface area contributed by atoms with Crippen LogP contribution in [0.1, 0.15) is 22.9 Å². The van der Waals surface area contributed by atoms with Crippen molar-refractivity contribution in [2.45, 2.75) is 13.1 Å². The van der Waals surface area contributed by atoms with Gasteiger partial charge in [0.25, 0.3) is 0 Å². The Kier molecular flexibility index (Phi) is 3.50. The van der Waals surface area contributed by atoms with E-state index in [0.29, 0.717) is 0 Å². The van der Waals surface area contributed by atoms with Crippen molar-refractivity contribution >= 4 is 23.3 Å². The van der Waals surface area contributed by atoms with Gasteiger partial charge >= 0.3 is 0 Å². The standard InChI is InChI=1S/C17H21N5/c1-11-4-6-14-13(16(11)18)8-9-22(17(14)19)12-5-7-15(20-10-12)21(2)3/h4-10,17H,18-19H2,1-3H3. The Balaban J connectivity index is 1.97. The van der Waals surface area contributed by atoms with Crippen molar-refractivity contribution in [3.63, 3.8) is 0 Å². The summed E-state index contributed by atoms with van der Waals surface area (Å²) in [6.45, 7) is 2.01. The summed E-state index contributed by atoms with van der Waals surface area (Å²) in [5, 5.41) is 0. The summed E-state index contributed by atoms with van der Waals surface area (Å²) < 4.78 is 0. The van der Waals surface area contributed by atoms with Crippen LogP contribution in [-0.4, -0.2) is 19.1 Å². The van der Waals surface area contributed by atoms with Gasteiger partial charge in [0.1, 0.15) is 12.0 Å². The SMILES string of the molecule is Cc1ccc2c(c1N)C=CN(c1ccc(N(C)C)nc1)C2N. The molecule has 0 bridgehead atoms. The minimum absolute atomic E-state index is 0.269. The molecule has 114 valence electrons. The van der Waals surface area contributed by atoms with Crippen LogP contribution in [0.25, 0.3) is 6.08 Å². The lowest BCUT2D eigenvalue weighted by atomic mass is 9.96. The number of rotatable bonds is 2. The summed E-state index contributed by atoms with van der Waals surface area (Å²) in [6.07, 6.45) is 5.55. The number of benzene rings is 1. The van der Waals surface area contributed by atoms with E-state index < -0.39 is 0 Å². The Bertz CT molecular complexity index is 719. The number of nitrogen functional groups attached to an aromatic ring is 1. The van der Waals surface area contributed by atoms with E-state index in [1.807, 2.05) is 73.6 Å². The number of aromatic nitrogens is 1. The van der Waals surface area contributed by atoms with Crippen molar-refractivity contribution in [2.24, 2.45) is 5.73 Å². The molecule has 2 aromatic rings. The van der Waals surface area contributed by atoms with E-state index in [1.54, 1.807) is 0 Å². The molecule has 0 saturated carbocycles. The summed E-state index contributed by atoms with van der Waals surface area (Å²) in [5.74, 6) is 0.915.